The summed E-state index contributed by atoms with van der Waals surface area (Å²) in [6.45, 7) is 2.37. The molecule has 0 N–H and O–H groups in total. The van der Waals surface area contributed by atoms with Crippen LogP contribution in [-0.2, 0) is 14.3 Å². The topological polar surface area (TPSA) is 59.3 Å². The highest BCUT2D eigenvalue weighted by Gasteiger charge is 1.91. The van der Waals surface area contributed by atoms with Gasteiger partial charge in [-0.1, -0.05) is 0 Å². The molecule has 0 aliphatic carbocycles. The Kier molecular flexibility index (Phi) is 6.65. The second-order valence-electron chi connectivity index (χ2n) is 1.83. The molecule has 66 valence electrons. The highest BCUT2D eigenvalue weighted by Crippen LogP contribution is 1.84. The molecule has 0 radical (unpaired) electrons. The Morgan fingerprint density at radius 3 is 3.00 bits per heavy atom. The maximum atomic E-state index is 10.6. The van der Waals surface area contributed by atoms with Crippen molar-refractivity contribution in [3.8, 4) is 6.07 Å². The molecule has 0 aliphatic heterocycles. The van der Waals surface area contributed by atoms with Crippen LogP contribution in [0.5, 0.6) is 0 Å². The lowest BCUT2D eigenvalue weighted by Gasteiger charge is -1.95. The van der Waals surface area contributed by atoms with Gasteiger partial charge in [-0.05, 0) is 6.92 Å². The number of esters is 1. The summed E-state index contributed by atoms with van der Waals surface area (Å²) in [5, 5.41) is 8.11. The summed E-state index contributed by atoms with van der Waals surface area (Å²) in [7, 11) is 0. The number of carbonyl (C=O) groups excluding carboxylic acids is 1. The summed E-state index contributed by atoms with van der Waals surface area (Å²) in [6, 6.07) is 1.91. The van der Waals surface area contributed by atoms with E-state index in [1.165, 1.54) is 12.3 Å². The van der Waals surface area contributed by atoms with Gasteiger partial charge in [-0.15, -0.1) is 0 Å². The fourth-order valence-corrected chi connectivity index (χ4v) is 0.467. The van der Waals surface area contributed by atoms with E-state index in [0.29, 0.717) is 19.6 Å². The minimum atomic E-state index is -0.436. The van der Waals surface area contributed by atoms with Gasteiger partial charge in [0.1, 0.15) is 6.61 Å². The van der Waals surface area contributed by atoms with E-state index in [9.17, 15) is 4.79 Å². The normalized spacial score (nSPS) is 9.33. The molecule has 0 aliphatic rings. The second-order valence-corrected chi connectivity index (χ2v) is 1.83. The van der Waals surface area contributed by atoms with Gasteiger partial charge in [-0.3, -0.25) is 0 Å². The summed E-state index contributed by atoms with van der Waals surface area (Å²) in [5.74, 6) is -0.436. The van der Waals surface area contributed by atoms with Gasteiger partial charge in [0.2, 0.25) is 0 Å². The van der Waals surface area contributed by atoms with Crippen molar-refractivity contribution in [1.82, 2.24) is 0 Å². The number of carbonyl (C=O) groups is 1. The van der Waals surface area contributed by atoms with E-state index in [0.717, 1.165) is 0 Å². The molecule has 0 atom stereocenters. The van der Waals surface area contributed by atoms with Gasteiger partial charge in [0.25, 0.3) is 0 Å². The first-order chi connectivity index (χ1) is 5.81. The average Bonchev–Trinajstić information content (AvgIpc) is 2.05. The van der Waals surface area contributed by atoms with Crippen LogP contribution in [0.1, 0.15) is 13.3 Å². The summed E-state index contributed by atoms with van der Waals surface area (Å²) < 4.78 is 9.36. The predicted octanol–water partition coefficient (Wildman–Crippen LogP) is 0.993. The molecule has 0 aromatic heterocycles. The number of nitrogens with zero attached hydrogens (tertiary/aromatic N) is 1. The molecule has 0 amide bonds. The molecular formula is C8H11NO3. The highest BCUT2D eigenvalue weighted by molar-refractivity contribution is 5.81. The van der Waals surface area contributed by atoms with E-state index < -0.39 is 5.97 Å². The smallest absolute Gasteiger partial charge is 0.333 e. The van der Waals surface area contributed by atoms with E-state index >= 15 is 0 Å². The van der Waals surface area contributed by atoms with Crippen molar-refractivity contribution in [2.24, 2.45) is 0 Å². The molecule has 0 saturated heterocycles. The first kappa shape index (κ1) is 10.5. The SMILES string of the molecule is CCOC(=O)C=COCCC#N. The Hall–Kier alpha value is -1.50. The van der Waals surface area contributed by atoms with Crippen LogP contribution in [0.2, 0.25) is 0 Å². The van der Waals surface area contributed by atoms with E-state index in [2.05, 4.69) is 4.74 Å². The van der Waals surface area contributed by atoms with Crippen LogP contribution in [0.4, 0.5) is 0 Å². The minimum Gasteiger partial charge on any atom is -0.500 e. The first-order valence-corrected chi connectivity index (χ1v) is 3.63. The molecule has 0 unspecified atom stereocenters. The first-order valence-electron chi connectivity index (χ1n) is 3.63. The summed E-state index contributed by atoms with van der Waals surface area (Å²) >= 11 is 0. The van der Waals surface area contributed by atoms with Crippen molar-refractivity contribution in [2.75, 3.05) is 13.2 Å². The van der Waals surface area contributed by atoms with Gasteiger partial charge >= 0.3 is 5.97 Å². The van der Waals surface area contributed by atoms with Crippen molar-refractivity contribution in [2.45, 2.75) is 13.3 Å². The fraction of sp³-hybridized carbons (Fsp3) is 0.500. The second kappa shape index (κ2) is 7.61. The quantitative estimate of drug-likeness (QED) is 0.266. The average molecular weight is 169 g/mol. The largest absolute Gasteiger partial charge is 0.500 e. The Balaban J connectivity index is 3.36. The number of hydrogen-bond acceptors (Lipinski definition) is 4. The van der Waals surface area contributed by atoms with Crippen LogP contribution in [-0.4, -0.2) is 19.2 Å². The van der Waals surface area contributed by atoms with Crippen molar-refractivity contribution in [3.05, 3.63) is 12.3 Å². The van der Waals surface area contributed by atoms with Gasteiger partial charge in [-0.2, -0.15) is 5.26 Å². The number of ether oxygens (including phenoxy) is 2. The molecule has 0 aromatic rings. The van der Waals surface area contributed by atoms with Crippen molar-refractivity contribution < 1.29 is 14.3 Å². The van der Waals surface area contributed by atoms with Crippen molar-refractivity contribution in [1.29, 1.82) is 5.26 Å². The lowest BCUT2D eigenvalue weighted by Crippen LogP contribution is -1.99. The van der Waals surface area contributed by atoms with Crippen LogP contribution in [0, 0.1) is 11.3 Å². The summed E-state index contributed by atoms with van der Waals surface area (Å²) in [6.07, 6.45) is 2.73. The summed E-state index contributed by atoms with van der Waals surface area (Å²) in [5.41, 5.74) is 0. The van der Waals surface area contributed by atoms with E-state index in [4.69, 9.17) is 10.00 Å². The molecule has 4 heteroatoms. The van der Waals surface area contributed by atoms with Gasteiger partial charge < -0.3 is 9.47 Å². The zero-order chi connectivity index (χ0) is 9.23. The van der Waals surface area contributed by atoms with Crippen LogP contribution >= 0.6 is 0 Å². The molecule has 0 heterocycles. The Morgan fingerprint density at radius 1 is 1.67 bits per heavy atom. The third kappa shape index (κ3) is 6.62. The summed E-state index contributed by atoms with van der Waals surface area (Å²) in [4.78, 5) is 10.6. The fourth-order valence-electron chi connectivity index (χ4n) is 0.467. The molecule has 0 rings (SSSR count). The molecule has 0 bridgehead atoms. The highest BCUT2D eigenvalue weighted by atomic mass is 16.5. The Morgan fingerprint density at radius 2 is 2.42 bits per heavy atom. The van der Waals surface area contributed by atoms with E-state index in [1.54, 1.807) is 6.92 Å². The molecule has 12 heavy (non-hydrogen) atoms. The van der Waals surface area contributed by atoms with Gasteiger partial charge in [0.15, 0.2) is 0 Å². The number of rotatable bonds is 5. The third-order valence-corrected chi connectivity index (χ3v) is 0.919. The molecule has 0 fully saturated rings. The lowest BCUT2D eigenvalue weighted by molar-refractivity contribution is -0.137. The van der Waals surface area contributed by atoms with Crippen molar-refractivity contribution >= 4 is 5.97 Å². The maximum Gasteiger partial charge on any atom is 0.333 e. The third-order valence-electron chi connectivity index (χ3n) is 0.919. The van der Waals surface area contributed by atoms with E-state index in [-0.39, 0.29) is 0 Å². The molecular weight excluding hydrogens is 158 g/mol. The standard InChI is InChI=1S/C8H11NO3/c1-2-12-8(10)4-7-11-6-3-5-9/h4,7H,2-3,6H2,1H3. The molecule has 0 aromatic carbocycles. The maximum absolute atomic E-state index is 10.6. The van der Waals surface area contributed by atoms with Crippen molar-refractivity contribution in [3.63, 3.8) is 0 Å². The van der Waals surface area contributed by atoms with Crippen LogP contribution in [0.3, 0.4) is 0 Å². The Bertz CT molecular complexity index is 193. The van der Waals surface area contributed by atoms with Gasteiger partial charge in [-0.25, -0.2) is 4.79 Å². The minimum absolute atomic E-state index is 0.298. The van der Waals surface area contributed by atoms with Crippen LogP contribution < -0.4 is 0 Å². The molecule has 0 spiro atoms. The Labute approximate surface area is 71.4 Å². The lowest BCUT2D eigenvalue weighted by atomic mass is 10.5. The molecule has 4 nitrogen and oxygen atoms in total. The predicted molar refractivity (Wildman–Crippen MR) is 42.0 cm³/mol. The van der Waals surface area contributed by atoms with Gasteiger partial charge in [0.05, 0.1) is 31.4 Å². The van der Waals surface area contributed by atoms with Crippen LogP contribution in [0.25, 0.3) is 0 Å². The van der Waals surface area contributed by atoms with Crippen LogP contribution in [0.15, 0.2) is 12.3 Å². The number of nitriles is 1. The zero-order valence-electron chi connectivity index (χ0n) is 6.95. The van der Waals surface area contributed by atoms with Gasteiger partial charge in [0, 0.05) is 0 Å². The zero-order valence-corrected chi connectivity index (χ0v) is 6.95. The van der Waals surface area contributed by atoms with E-state index in [1.807, 2.05) is 6.07 Å². The number of hydrogen-bond donors (Lipinski definition) is 0. The molecule has 0 saturated carbocycles. The monoisotopic (exact) mass is 169 g/mol.